The van der Waals surface area contributed by atoms with Crippen molar-refractivity contribution in [1.82, 2.24) is 9.97 Å². The lowest BCUT2D eigenvalue weighted by Crippen LogP contribution is -2.40. The van der Waals surface area contributed by atoms with E-state index in [2.05, 4.69) is 9.97 Å². The molecule has 4 nitrogen and oxygen atoms in total. The molecular formula is C14H21F3N3OP. The van der Waals surface area contributed by atoms with Crippen LogP contribution in [0.4, 0.5) is 19.0 Å². The summed E-state index contributed by atoms with van der Waals surface area (Å²) in [6.07, 6.45) is 1.92. The normalized spacial score (nSPS) is 20.2. The van der Waals surface area contributed by atoms with Crippen LogP contribution >= 0.6 is 7.14 Å². The Bertz CT molecular complexity index is 541. The van der Waals surface area contributed by atoms with Gasteiger partial charge < -0.3 is 9.46 Å². The smallest absolute Gasteiger partial charge is 0.352 e. The summed E-state index contributed by atoms with van der Waals surface area (Å²) in [5.41, 5.74) is -0.976. The van der Waals surface area contributed by atoms with Crippen LogP contribution in [0, 0.1) is 0 Å². The molecule has 2 rings (SSSR count). The summed E-state index contributed by atoms with van der Waals surface area (Å²) in [5, 5.41) is 0. The minimum absolute atomic E-state index is 0.174. The van der Waals surface area contributed by atoms with Crippen LogP contribution in [0.5, 0.6) is 0 Å². The summed E-state index contributed by atoms with van der Waals surface area (Å²) in [7, 11) is -2.09. The van der Waals surface area contributed by atoms with Crippen LogP contribution in [-0.2, 0) is 10.7 Å². The van der Waals surface area contributed by atoms with Crippen molar-refractivity contribution in [2.45, 2.75) is 37.9 Å². The maximum absolute atomic E-state index is 12.5. The standard InChI is InChI=1S/C14H21F3N3OP/c1-22(2,21)8-6-11-5-3-4-7-20(11)13-10-18-12(9-19-13)14(15,16)17/h9-11H,3-8H2,1-2H3. The minimum Gasteiger partial charge on any atom is -0.352 e. The van der Waals surface area contributed by atoms with E-state index in [1.807, 2.05) is 4.90 Å². The SMILES string of the molecule is CP(C)(=O)CCC1CCCCN1c1cnc(C(F)(F)F)cn1. The molecule has 0 spiro atoms. The van der Waals surface area contributed by atoms with E-state index in [1.54, 1.807) is 13.3 Å². The zero-order valence-corrected chi connectivity index (χ0v) is 13.7. The number of alkyl halides is 3. The van der Waals surface area contributed by atoms with Crippen molar-refractivity contribution in [3.05, 3.63) is 18.1 Å². The molecule has 1 aliphatic heterocycles. The first-order chi connectivity index (χ1) is 10.2. The zero-order chi connectivity index (χ0) is 16.4. The largest absolute Gasteiger partial charge is 0.434 e. The Balaban J connectivity index is 2.12. The van der Waals surface area contributed by atoms with Crippen LogP contribution in [-0.4, -0.2) is 42.0 Å². The molecule has 1 fully saturated rings. The van der Waals surface area contributed by atoms with Crippen LogP contribution < -0.4 is 4.90 Å². The first kappa shape index (κ1) is 17.3. The molecule has 2 heterocycles. The van der Waals surface area contributed by atoms with Gasteiger partial charge >= 0.3 is 6.18 Å². The summed E-state index contributed by atoms with van der Waals surface area (Å²) in [5.74, 6) is 0.472. The third kappa shape index (κ3) is 4.70. The van der Waals surface area contributed by atoms with E-state index in [0.717, 1.165) is 38.4 Å². The first-order valence-electron chi connectivity index (χ1n) is 7.37. The van der Waals surface area contributed by atoms with E-state index < -0.39 is 19.0 Å². The Morgan fingerprint density at radius 2 is 2.00 bits per heavy atom. The number of hydrogen-bond acceptors (Lipinski definition) is 4. The second-order valence-corrected chi connectivity index (χ2v) is 9.78. The first-order valence-corrected chi connectivity index (χ1v) is 10.2. The van der Waals surface area contributed by atoms with E-state index in [9.17, 15) is 17.7 Å². The molecule has 8 heteroatoms. The van der Waals surface area contributed by atoms with E-state index >= 15 is 0 Å². The lowest BCUT2D eigenvalue weighted by molar-refractivity contribution is -0.141. The number of halogens is 3. The van der Waals surface area contributed by atoms with Gasteiger partial charge in [0, 0.05) is 18.7 Å². The molecule has 1 aromatic heterocycles. The predicted molar refractivity (Wildman–Crippen MR) is 81.0 cm³/mol. The van der Waals surface area contributed by atoms with Crippen molar-refractivity contribution in [3.8, 4) is 0 Å². The molecule has 1 unspecified atom stereocenters. The van der Waals surface area contributed by atoms with E-state index in [4.69, 9.17) is 0 Å². The maximum atomic E-state index is 12.5. The molecule has 1 atom stereocenters. The lowest BCUT2D eigenvalue weighted by Gasteiger charge is -2.37. The average molecular weight is 335 g/mol. The minimum atomic E-state index is -4.47. The number of nitrogens with zero attached hydrogens (tertiary/aromatic N) is 3. The fourth-order valence-electron chi connectivity index (χ4n) is 2.68. The van der Waals surface area contributed by atoms with Gasteiger partial charge in [-0.1, -0.05) is 0 Å². The Kier molecular flexibility index (Phi) is 5.15. The fraction of sp³-hybridized carbons (Fsp3) is 0.714. The predicted octanol–water partition coefficient (Wildman–Crippen LogP) is 3.87. The quantitative estimate of drug-likeness (QED) is 0.784. The summed E-state index contributed by atoms with van der Waals surface area (Å²) >= 11 is 0. The summed E-state index contributed by atoms with van der Waals surface area (Å²) < 4.78 is 49.5. The summed E-state index contributed by atoms with van der Waals surface area (Å²) in [4.78, 5) is 9.43. The van der Waals surface area contributed by atoms with Crippen LogP contribution in [0.1, 0.15) is 31.4 Å². The monoisotopic (exact) mass is 335 g/mol. The van der Waals surface area contributed by atoms with Gasteiger partial charge in [0.2, 0.25) is 0 Å². The van der Waals surface area contributed by atoms with Crippen molar-refractivity contribution < 1.29 is 17.7 Å². The second-order valence-electron chi connectivity index (χ2n) is 6.19. The van der Waals surface area contributed by atoms with E-state index in [0.29, 0.717) is 12.0 Å². The second kappa shape index (κ2) is 6.57. The third-order valence-corrected chi connectivity index (χ3v) is 5.19. The number of anilines is 1. The Labute approximate surface area is 128 Å². The van der Waals surface area contributed by atoms with E-state index in [1.165, 1.54) is 6.20 Å². The molecule has 0 aromatic carbocycles. The van der Waals surface area contributed by atoms with Crippen molar-refractivity contribution in [2.75, 3.05) is 30.9 Å². The molecule has 124 valence electrons. The van der Waals surface area contributed by atoms with Gasteiger partial charge in [-0.3, -0.25) is 0 Å². The highest BCUT2D eigenvalue weighted by Gasteiger charge is 2.33. The van der Waals surface area contributed by atoms with Gasteiger partial charge in [0.05, 0.1) is 19.5 Å². The molecule has 0 saturated carbocycles. The highest BCUT2D eigenvalue weighted by atomic mass is 31.2. The summed E-state index contributed by atoms with van der Waals surface area (Å²) in [6.45, 7) is 4.28. The van der Waals surface area contributed by atoms with Crippen LogP contribution in [0.25, 0.3) is 0 Å². The average Bonchev–Trinajstić information content (AvgIpc) is 2.44. The van der Waals surface area contributed by atoms with Gasteiger partial charge in [-0.15, -0.1) is 0 Å². The van der Waals surface area contributed by atoms with Crippen LogP contribution in [0.3, 0.4) is 0 Å². The Morgan fingerprint density at radius 3 is 2.55 bits per heavy atom. The number of hydrogen-bond donors (Lipinski definition) is 0. The van der Waals surface area contributed by atoms with Crippen molar-refractivity contribution in [3.63, 3.8) is 0 Å². The molecule has 0 radical (unpaired) electrons. The number of piperidine rings is 1. The number of aromatic nitrogens is 2. The third-order valence-electron chi connectivity index (χ3n) is 3.85. The van der Waals surface area contributed by atoms with Gasteiger partial charge in [0.25, 0.3) is 0 Å². The molecule has 0 amide bonds. The van der Waals surface area contributed by atoms with Crippen LogP contribution in [0.2, 0.25) is 0 Å². The van der Waals surface area contributed by atoms with Gasteiger partial charge in [0.1, 0.15) is 5.82 Å². The van der Waals surface area contributed by atoms with Crippen molar-refractivity contribution >= 4 is 13.0 Å². The van der Waals surface area contributed by atoms with Gasteiger partial charge in [-0.2, -0.15) is 13.2 Å². The molecule has 0 bridgehead atoms. The Morgan fingerprint density at radius 1 is 1.27 bits per heavy atom. The van der Waals surface area contributed by atoms with Gasteiger partial charge in [-0.25, -0.2) is 9.97 Å². The maximum Gasteiger partial charge on any atom is 0.434 e. The van der Waals surface area contributed by atoms with Gasteiger partial charge in [-0.05, 0) is 39.0 Å². The fourth-order valence-corrected chi connectivity index (χ4v) is 3.60. The molecule has 1 aromatic rings. The highest BCUT2D eigenvalue weighted by Crippen LogP contribution is 2.38. The van der Waals surface area contributed by atoms with Gasteiger partial charge in [0.15, 0.2) is 5.69 Å². The molecular weight excluding hydrogens is 314 g/mol. The van der Waals surface area contributed by atoms with Crippen molar-refractivity contribution in [1.29, 1.82) is 0 Å². The zero-order valence-electron chi connectivity index (χ0n) is 12.8. The lowest BCUT2D eigenvalue weighted by atomic mass is 10.0. The highest BCUT2D eigenvalue weighted by molar-refractivity contribution is 7.62. The molecule has 0 N–H and O–H groups in total. The molecule has 1 saturated heterocycles. The van der Waals surface area contributed by atoms with Crippen LogP contribution in [0.15, 0.2) is 12.4 Å². The Hall–Kier alpha value is -1.10. The van der Waals surface area contributed by atoms with E-state index in [-0.39, 0.29) is 6.04 Å². The molecule has 1 aliphatic rings. The molecule has 0 aliphatic carbocycles. The van der Waals surface area contributed by atoms with Crippen molar-refractivity contribution in [2.24, 2.45) is 0 Å². The summed E-state index contributed by atoms with van der Waals surface area (Å²) in [6, 6.07) is 0.174. The molecule has 22 heavy (non-hydrogen) atoms. The topological polar surface area (TPSA) is 46.1 Å². The number of rotatable bonds is 4.